The Balaban J connectivity index is 2.59. The highest BCUT2D eigenvalue weighted by molar-refractivity contribution is 7.87. The van der Waals surface area contributed by atoms with Gasteiger partial charge in [0, 0.05) is 20.0 Å². The SMILES string of the molecule is CC(=O)c1nc(C)c(O)n1S(=O)(=O)N1CCCC1. The van der Waals surface area contributed by atoms with Gasteiger partial charge in [-0.05, 0) is 19.8 Å². The number of aryl methyl sites for hydroxylation is 1. The average Bonchev–Trinajstić information content (AvgIpc) is 2.88. The normalized spacial score (nSPS) is 17.2. The van der Waals surface area contributed by atoms with Crippen molar-refractivity contribution in [3.8, 4) is 5.88 Å². The van der Waals surface area contributed by atoms with Crippen molar-refractivity contribution in [2.45, 2.75) is 26.7 Å². The van der Waals surface area contributed by atoms with Crippen molar-refractivity contribution in [1.82, 2.24) is 13.3 Å². The summed E-state index contributed by atoms with van der Waals surface area (Å²) >= 11 is 0. The van der Waals surface area contributed by atoms with E-state index in [2.05, 4.69) is 4.98 Å². The smallest absolute Gasteiger partial charge is 0.312 e. The van der Waals surface area contributed by atoms with E-state index in [0.717, 1.165) is 12.8 Å². The molecule has 0 saturated carbocycles. The third-order valence-corrected chi connectivity index (χ3v) is 4.74. The van der Waals surface area contributed by atoms with E-state index in [9.17, 15) is 18.3 Å². The van der Waals surface area contributed by atoms with Crippen LogP contribution in [0.15, 0.2) is 0 Å². The molecule has 2 heterocycles. The van der Waals surface area contributed by atoms with Crippen molar-refractivity contribution in [1.29, 1.82) is 0 Å². The number of ketones is 1. The highest BCUT2D eigenvalue weighted by Gasteiger charge is 2.33. The molecule has 1 aromatic heterocycles. The topological polar surface area (TPSA) is 92.5 Å². The maximum atomic E-state index is 12.3. The molecular weight excluding hydrogens is 258 g/mol. The Hall–Kier alpha value is -1.41. The van der Waals surface area contributed by atoms with Crippen LogP contribution in [0.1, 0.15) is 36.1 Å². The molecule has 8 heteroatoms. The molecule has 1 aromatic rings. The van der Waals surface area contributed by atoms with E-state index in [-0.39, 0.29) is 11.5 Å². The van der Waals surface area contributed by atoms with Gasteiger partial charge in [0.1, 0.15) is 5.69 Å². The quantitative estimate of drug-likeness (QED) is 0.799. The first-order chi connectivity index (χ1) is 8.35. The summed E-state index contributed by atoms with van der Waals surface area (Å²) in [6, 6.07) is 0. The van der Waals surface area contributed by atoms with Gasteiger partial charge in [0.05, 0.1) is 0 Å². The molecule has 0 spiro atoms. The summed E-state index contributed by atoms with van der Waals surface area (Å²) in [5.74, 6) is -1.25. The molecule has 1 saturated heterocycles. The minimum Gasteiger partial charge on any atom is -0.492 e. The second-order valence-corrected chi connectivity index (χ2v) is 6.06. The zero-order chi connectivity index (χ0) is 13.5. The average molecular weight is 273 g/mol. The van der Waals surface area contributed by atoms with Crippen LogP contribution in [0.3, 0.4) is 0 Å². The van der Waals surface area contributed by atoms with Gasteiger partial charge in [0.25, 0.3) is 0 Å². The molecule has 7 nitrogen and oxygen atoms in total. The van der Waals surface area contributed by atoms with Crippen LogP contribution < -0.4 is 0 Å². The summed E-state index contributed by atoms with van der Waals surface area (Å²) < 4.78 is 26.5. The zero-order valence-electron chi connectivity index (χ0n) is 10.3. The van der Waals surface area contributed by atoms with Gasteiger partial charge in [-0.25, -0.2) is 4.98 Å². The molecule has 18 heavy (non-hydrogen) atoms. The van der Waals surface area contributed by atoms with Gasteiger partial charge >= 0.3 is 10.2 Å². The molecule has 0 bridgehead atoms. The van der Waals surface area contributed by atoms with Gasteiger partial charge < -0.3 is 5.11 Å². The molecule has 0 amide bonds. The van der Waals surface area contributed by atoms with Crippen LogP contribution in [0.25, 0.3) is 0 Å². The lowest BCUT2D eigenvalue weighted by Gasteiger charge is -2.17. The van der Waals surface area contributed by atoms with E-state index in [1.807, 2.05) is 0 Å². The number of carbonyl (C=O) groups is 1. The van der Waals surface area contributed by atoms with Crippen LogP contribution in [-0.2, 0) is 10.2 Å². The third kappa shape index (κ3) is 1.91. The van der Waals surface area contributed by atoms with E-state index >= 15 is 0 Å². The molecule has 0 aromatic carbocycles. The van der Waals surface area contributed by atoms with E-state index in [0.29, 0.717) is 17.1 Å². The molecule has 0 atom stereocenters. The molecule has 0 radical (unpaired) electrons. The number of hydrogen-bond donors (Lipinski definition) is 1. The molecule has 2 rings (SSSR count). The largest absolute Gasteiger partial charge is 0.492 e. The lowest BCUT2D eigenvalue weighted by Crippen LogP contribution is -2.34. The lowest BCUT2D eigenvalue weighted by atomic mass is 10.4. The monoisotopic (exact) mass is 273 g/mol. The fourth-order valence-electron chi connectivity index (χ4n) is 1.98. The van der Waals surface area contributed by atoms with Crippen LogP contribution in [0, 0.1) is 6.92 Å². The second-order valence-electron chi connectivity index (χ2n) is 4.28. The minimum absolute atomic E-state index is 0.128. The highest BCUT2D eigenvalue weighted by Crippen LogP contribution is 2.25. The lowest BCUT2D eigenvalue weighted by molar-refractivity contribution is 0.100. The standard InChI is InChI=1S/C10H15N3O4S/c1-7-10(15)13(9(11-7)8(2)14)18(16,17)12-5-3-4-6-12/h15H,3-6H2,1-2H3. The summed E-state index contributed by atoms with van der Waals surface area (Å²) in [5.41, 5.74) is 0.128. The van der Waals surface area contributed by atoms with Crippen molar-refractivity contribution in [2.75, 3.05) is 13.1 Å². The number of hydrogen-bond acceptors (Lipinski definition) is 5. The summed E-state index contributed by atoms with van der Waals surface area (Å²) in [6.45, 7) is 3.47. The molecule has 0 aliphatic carbocycles. The van der Waals surface area contributed by atoms with Crippen LogP contribution >= 0.6 is 0 Å². The molecule has 1 aliphatic rings. The molecule has 100 valence electrons. The number of imidazole rings is 1. The number of nitrogens with zero attached hydrogens (tertiary/aromatic N) is 3. The summed E-state index contributed by atoms with van der Waals surface area (Å²) in [5, 5.41) is 9.81. The fourth-order valence-corrected chi connectivity index (χ4v) is 3.67. The molecule has 0 unspecified atom stereocenters. The second kappa shape index (κ2) is 4.36. The van der Waals surface area contributed by atoms with Crippen LogP contribution in [0.2, 0.25) is 0 Å². The Morgan fingerprint density at radius 2 is 1.89 bits per heavy atom. The summed E-state index contributed by atoms with van der Waals surface area (Å²) in [6.07, 6.45) is 1.56. The first kappa shape index (κ1) is 13.0. The Kier molecular flexibility index (Phi) is 3.16. The zero-order valence-corrected chi connectivity index (χ0v) is 11.1. The Morgan fingerprint density at radius 1 is 1.33 bits per heavy atom. The molecular formula is C10H15N3O4S. The molecule has 1 N–H and O–H groups in total. The van der Waals surface area contributed by atoms with Crippen molar-refractivity contribution >= 4 is 16.0 Å². The predicted molar refractivity (Wildman–Crippen MR) is 63.8 cm³/mol. The minimum atomic E-state index is -3.91. The predicted octanol–water partition coefficient (Wildman–Crippen LogP) is 0.288. The van der Waals surface area contributed by atoms with Crippen molar-refractivity contribution in [2.24, 2.45) is 0 Å². The van der Waals surface area contributed by atoms with Crippen molar-refractivity contribution in [3.05, 3.63) is 11.5 Å². The number of Topliss-reactive ketones (excluding diaryl/α,β-unsaturated/α-hetero) is 1. The van der Waals surface area contributed by atoms with Crippen LogP contribution in [0.4, 0.5) is 0 Å². The maximum Gasteiger partial charge on any atom is 0.312 e. The Labute approximate surface area is 105 Å². The van der Waals surface area contributed by atoms with Crippen LogP contribution in [0.5, 0.6) is 5.88 Å². The number of rotatable bonds is 3. The van der Waals surface area contributed by atoms with Gasteiger partial charge in [0.15, 0.2) is 11.6 Å². The van der Waals surface area contributed by atoms with E-state index in [1.165, 1.54) is 18.2 Å². The first-order valence-electron chi connectivity index (χ1n) is 5.65. The fraction of sp³-hybridized carbons (Fsp3) is 0.600. The van der Waals surface area contributed by atoms with Gasteiger partial charge in [-0.2, -0.15) is 16.7 Å². The van der Waals surface area contributed by atoms with Crippen LogP contribution in [-0.4, -0.2) is 45.7 Å². The van der Waals surface area contributed by atoms with Gasteiger partial charge in [-0.1, -0.05) is 0 Å². The van der Waals surface area contributed by atoms with E-state index in [1.54, 1.807) is 0 Å². The highest BCUT2D eigenvalue weighted by atomic mass is 32.2. The number of aromatic hydroxyl groups is 1. The summed E-state index contributed by atoms with van der Waals surface area (Å²) in [4.78, 5) is 15.2. The van der Waals surface area contributed by atoms with Gasteiger partial charge in [-0.15, -0.1) is 0 Å². The maximum absolute atomic E-state index is 12.3. The summed E-state index contributed by atoms with van der Waals surface area (Å²) in [7, 11) is -3.91. The Bertz CT molecular complexity index is 585. The number of carbonyl (C=O) groups excluding carboxylic acids is 1. The first-order valence-corrected chi connectivity index (χ1v) is 7.05. The van der Waals surface area contributed by atoms with Crippen molar-refractivity contribution < 1.29 is 18.3 Å². The Morgan fingerprint density at radius 3 is 2.39 bits per heavy atom. The van der Waals surface area contributed by atoms with Gasteiger partial charge in [0.2, 0.25) is 5.88 Å². The van der Waals surface area contributed by atoms with E-state index < -0.39 is 21.9 Å². The molecule has 1 aliphatic heterocycles. The third-order valence-electron chi connectivity index (χ3n) is 2.92. The van der Waals surface area contributed by atoms with Crippen molar-refractivity contribution in [3.63, 3.8) is 0 Å². The molecule has 1 fully saturated rings. The number of aromatic nitrogens is 2. The van der Waals surface area contributed by atoms with Gasteiger partial charge in [-0.3, -0.25) is 4.79 Å². The van der Waals surface area contributed by atoms with E-state index in [4.69, 9.17) is 0 Å².